The van der Waals surface area contributed by atoms with Crippen molar-refractivity contribution in [3.8, 4) is 12.3 Å². The molecule has 0 spiro atoms. The van der Waals surface area contributed by atoms with Crippen LogP contribution in [0.15, 0.2) is 28.6 Å². The first-order valence-electron chi connectivity index (χ1n) is 6.55. The van der Waals surface area contributed by atoms with E-state index in [4.69, 9.17) is 6.42 Å². The maximum Gasteiger partial charge on any atom is 0.416 e. The lowest BCUT2D eigenvalue weighted by Gasteiger charge is -2.10. The third-order valence-electron chi connectivity index (χ3n) is 3.18. The zero-order valence-corrected chi connectivity index (χ0v) is 11.5. The van der Waals surface area contributed by atoms with Crippen LogP contribution < -0.4 is 5.32 Å². The van der Waals surface area contributed by atoms with E-state index in [9.17, 15) is 18.0 Å². The first-order chi connectivity index (χ1) is 10.4. The number of halogens is 3. The Kier molecular flexibility index (Phi) is 4.45. The first-order valence-corrected chi connectivity index (χ1v) is 6.55. The van der Waals surface area contributed by atoms with Gasteiger partial charge in [-0.1, -0.05) is 0 Å². The third kappa shape index (κ3) is 4.04. The lowest BCUT2D eigenvalue weighted by Crippen LogP contribution is -2.29. The van der Waals surface area contributed by atoms with E-state index in [1.54, 1.807) is 0 Å². The highest BCUT2D eigenvalue weighted by Gasteiger charge is 2.38. The number of alkyl halides is 3. The monoisotopic (exact) mass is 310 g/mol. The Balaban J connectivity index is 1.87. The normalized spacial score (nSPS) is 15.2. The van der Waals surface area contributed by atoms with Crippen molar-refractivity contribution in [1.29, 1.82) is 0 Å². The van der Waals surface area contributed by atoms with Gasteiger partial charge in [0.05, 0.1) is 5.56 Å². The minimum Gasteiger partial charge on any atom is -0.351 e. The summed E-state index contributed by atoms with van der Waals surface area (Å²) in [5.74, 6) is 1.82. The highest BCUT2D eigenvalue weighted by Crippen LogP contribution is 2.36. The number of carbonyl (C=O) groups excluding carboxylic acids is 1. The minimum absolute atomic E-state index is 0.230. The van der Waals surface area contributed by atoms with Crippen LogP contribution in [-0.4, -0.2) is 23.1 Å². The highest BCUT2D eigenvalue weighted by atomic mass is 19.4. The Bertz CT molecular complexity index is 628. The summed E-state index contributed by atoms with van der Waals surface area (Å²) < 4.78 is 37.7. The van der Waals surface area contributed by atoms with Gasteiger partial charge in [0.2, 0.25) is 0 Å². The van der Waals surface area contributed by atoms with Crippen LogP contribution in [0.5, 0.6) is 0 Å². The van der Waals surface area contributed by atoms with Gasteiger partial charge >= 0.3 is 6.18 Å². The smallest absolute Gasteiger partial charge is 0.351 e. The van der Waals surface area contributed by atoms with Crippen LogP contribution in [0, 0.1) is 12.3 Å². The summed E-state index contributed by atoms with van der Waals surface area (Å²) in [6, 6.07) is 1.53. The van der Waals surface area contributed by atoms with Crippen molar-refractivity contribution in [3.63, 3.8) is 0 Å². The number of terminal acetylenes is 1. The molecule has 22 heavy (non-hydrogen) atoms. The maximum absolute atomic E-state index is 12.6. The topological polar surface area (TPSA) is 66.7 Å². The number of hydrogen-bond acceptors (Lipinski definition) is 4. The van der Waals surface area contributed by atoms with Gasteiger partial charge in [-0.15, -0.1) is 12.3 Å². The molecule has 1 aliphatic heterocycles. The molecule has 1 N–H and O–H groups in total. The molecule has 0 unspecified atom stereocenters. The Labute approximate surface area is 125 Å². The molecule has 2 rings (SSSR count). The zero-order chi connectivity index (χ0) is 16.2. The number of hydrogen-bond donors (Lipinski definition) is 1. The van der Waals surface area contributed by atoms with Crippen molar-refractivity contribution in [2.45, 2.75) is 31.1 Å². The van der Waals surface area contributed by atoms with Gasteiger partial charge in [0.25, 0.3) is 5.91 Å². The largest absolute Gasteiger partial charge is 0.416 e. The molecule has 0 fully saturated rings. The number of pyridine rings is 1. The fraction of sp³-hybridized carbons (Fsp3) is 0.429. The summed E-state index contributed by atoms with van der Waals surface area (Å²) in [5, 5.41) is 10.3. The summed E-state index contributed by atoms with van der Waals surface area (Å²) in [7, 11) is 0. The number of rotatable bonds is 6. The minimum atomic E-state index is -4.51. The first kappa shape index (κ1) is 15.9. The average Bonchev–Trinajstić information content (AvgIpc) is 3.24. The van der Waals surface area contributed by atoms with Crippen molar-refractivity contribution in [3.05, 3.63) is 29.6 Å². The van der Waals surface area contributed by atoms with E-state index in [0.29, 0.717) is 19.3 Å². The fourth-order valence-electron chi connectivity index (χ4n) is 1.87. The van der Waals surface area contributed by atoms with Gasteiger partial charge in [-0.2, -0.15) is 23.4 Å². The zero-order valence-electron chi connectivity index (χ0n) is 11.5. The molecule has 5 nitrogen and oxygen atoms in total. The van der Waals surface area contributed by atoms with E-state index >= 15 is 0 Å². The van der Waals surface area contributed by atoms with E-state index in [1.165, 1.54) is 0 Å². The van der Waals surface area contributed by atoms with Crippen LogP contribution in [0.4, 0.5) is 13.2 Å². The fourth-order valence-corrected chi connectivity index (χ4v) is 1.87. The molecule has 0 saturated carbocycles. The molecular formula is C14H13F3N4O. The molecule has 116 valence electrons. The predicted octanol–water partition coefficient (Wildman–Crippen LogP) is 2.80. The van der Waals surface area contributed by atoms with Gasteiger partial charge in [-0.25, -0.2) is 0 Å². The number of aromatic nitrogens is 1. The van der Waals surface area contributed by atoms with Gasteiger partial charge in [0, 0.05) is 32.0 Å². The van der Waals surface area contributed by atoms with E-state index in [0.717, 1.165) is 18.3 Å². The standard InChI is InChI=1S/C14H13F3N4O/c1-2-3-5-13(20-21-13)6-8-19-12(22)11-9-10(4-7-18-11)14(15,16)17/h1,4,7,9H,3,5-6,8H2,(H,19,22). The van der Waals surface area contributed by atoms with Crippen LogP contribution in [-0.2, 0) is 6.18 Å². The molecule has 1 amide bonds. The van der Waals surface area contributed by atoms with Crippen molar-refractivity contribution in [2.24, 2.45) is 10.2 Å². The molecule has 0 saturated heterocycles. The van der Waals surface area contributed by atoms with Crippen molar-refractivity contribution >= 4 is 5.91 Å². The number of nitrogens with zero attached hydrogens (tertiary/aromatic N) is 3. The molecule has 0 aliphatic carbocycles. The molecule has 0 bridgehead atoms. The SMILES string of the molecule is C#CCCC1(CCNC(=O)c2cc(C(F)(F)F)ccn2)N=N1. The van der Waals surface area contributed by atoms with Crippen LogP contribution in [0.1, 0.15) is 35.3 Å². The van der Waals surface area contributed by atoms with Gasteiger partial charge in [0.15, 0.2) is 5.66 Å². The second-order valence-corrected chi connectivity index (χ2v) is 4.82. The van der Waals surface area contributed by atoms with E-state index in [1.807, 2.05) is 0 Å². The lowest BCUT2D eigenvalue weighted by atomic mass is 10.0. The highest BCUT2D eigenvalue weighted by molar-refractivity contribution is 5.92. The van der Waals surface area contributed by atoms with Gasteiger partial charge in [-0.05, 0) is 12.1 Å². The number of carbonyl (C=O) groups is 1. The Morgan fingerprint density at radius 2 is 2.09 bits per heavy atom. The summed E-state index contributed by atoms with van der Waals surface area (Å²) in [6.07, 6.45) is 3.19. The summed E-state index contributed by atoms with van der Waals surface area (Å²) >= 11 is 0. The lowest BCUT2D eigenvalue weighted by molar-refractivity contribution is -0.137. The molecule has 8 heteroatoms. The Hall–Kier alpha value is -2.43. The van der Waals surface area contributed by atoms with Gasteiger partial charge in [0.1, 0.15) is 5.69 Å². The number of amides is 1. The molecule has 0 aromatic carbocycles. The van der Waals surface area contributed by atoms with Crippen LogP contribution in [0.3, 0.4) is 0 Å². The van der Waals surface area contributed by atoms with Crippen LogP contribution >= 0.6 is 0 Å². The predicted molar refractivity (Wildman–Crippen MR) is 71.8 cm³/mol. The average molecular weight is 310 g/mol. The van der Waals surface area contributed by atoms with Crippen LogP contribution in [0.25, 0.3) is 0 Å². The second kappa shape index (κ2) is 6.13. The summed E-state index contributed by atoms with van der Waals surface area (Å²) in [6.45, 7) is 0.230. The van der Waals surface area contributed by atoms with E-state index in [2.05, 4.69) is 26.4 Å². The molecule has 1 aromatic heterocycles. The molecule has 2 heterocycles. The Morgan fingerprint density at radius 3 is 2.68 bits per heavy atom. The van der Waals surface area contributed by atoms with E-state index in [-0.39, 0.29) is 12.2 Å². The van der Waals surface area contributed by atoms with Gasteiger partial charge in [-0.3, -0.25) is 9.78 Å². The van der Waals surface area contributed by atoms with Crippen LogP contribution in [0.2, 0.25) is 0 Å². The molecule has 1 aliphatic rings. The van der Waals surface area contributed by atoms with Crippen molar-refractivity contribution < 1.29 is 18.0 Å². The van der Waals surface area contributed by atoms with Gasteiger partial charge < -0.3 is 5.32 Å². The molecule has 0 radical (unpaired) electrons. The van der Waals surface area contributed by atoms with Crippen molar-refractivity contribution in [1.82, 2.24) is 10.3 Å². The molecular weight excluding hydrogens is 297 g/mol. The third-order valence-corrected chi connectivity index (χ3v) is 3.18. The van der Waals surface area contributed by atoms with Crippen molar-refractivity contribution in [2.75, 3.05) is 6.54 Å². The molecule has 0 atom stereocenters. The van der Waals surface area contributed by atoms with E-state index < -0.39 is 23.3 Å². The summed E-state index contributed by atoms with van der Waals surface area (Å²) in [4.78, 5) is 15.5. The quantitative estimate of drug-likeness (QED) is 0.821. The Morgan fingerprint density at radius 1 is 1.36 bits per heavy atom. The maximum atomic E-state index is 12.6. The summed E-state index contributed by atoms with van der Waals surface area (Å²) in [5.41, 5.74) is -1.73. The second-order valence-electron chi connectivity index (χ2n) is 4.82. The number of nitrogens with one attached hydrogen (secondary N) is 1. The molecule has 1 aromatic rings.